The Morgan fingerprint density at radius 3 is 2.71 bits per heavy atom. The highest BCUT2D eigenvalue weighted by atomic mass is 19.3. The van der Waals surface area contributed by atoms with Crippen LogP contribution in [0.5, 0.6) is 0 Å². The number of nitrogens with two attached hydrogens (primary N) is 1. The summed E-state index contributed by atoms with van der Waals surface area (Å²) in [5, 5.41) is 8.41. The van der Waals surface area contributed by atoms with Gasteiger partial charge in [0.15, 0.2) is 0 Å². The molecule has 4 nitrogen and oxygen atoms in total. The van der Waals surface area contributed by atoms with Gasteiger partial charge in [0.25, 0.3) is 6.43 Å². The van der Waals surface area contributed by atoms with Gasteiger partial charge in [-0.05, 0) is 12.1 Å². The van der Waals surface area contributed by atoms with Gasteiger partial charge in [0.2, 0.25) is 0 Å². The number of anilines is 1. The normalized spacial score (nSPS) is 10.5. The number of carbonyl (C=O) groups is 1. The van der Waals surface area contributed by atoms with Crippen molar-refractivity contribution in [2.24, 2.45) is 0 Å². The second kappa shape index (κ2) is 3.99. The number of rotatable bonds is 3. The SMILES string of the molecule is Nc1ccc(CC(=O)O)nc1C(F)F. The molecule has 0 aliphatic carbocycles. The Kier molecular flexibility index (Phi) is 2.95. The summed E-state index contributed by atoms with van der Waals surface area (Å²) in [4.78, 5) is 13.7. The van der Waals surface area contributed by atoms with Crippen LogP contribution in [0.2, 0.25) is 0 Å². The first kappa shape index (κ1) is 10.4. The first-order valence-corrected chi connectivity index (χ1v) is 3.76. The van der Waals surface area contributed by atoms with Crippen molar-refractivity contribution in [3.05, 3.63) is 23.5 Å². The zero-order valence-electron chi connectivity index (χ0n) is 7.08. The third-order valence-electron chi connectivity index (χ3n) is 1.55. The molecule has 0 saturated carbocycles. The zero-order valence-corrected chi connectivity index (χ0v) is 7.08. The van der Waals surface area contributed by atoms with Crippen molar-refractivity contribution in [3.63, 3.8) is 0 Å². The molecule has 0 saturated heterocycles. The highest BCUT2D eigenvalue weighted by Gasteiger charge is 2.14. The maximum Gasteiger partial charge on any atom is 0.309 e. The molecule has 76 valence electrons. The number of aliphatic carboxylic acids is 1. The molecular weight excluding hydrogens is 194 g/mol. The number of alkyl halides is 2. The van der Waals surface area contributed by atoms with E-state index < -0.39 is 18.1 Å². The van der Waals surface area contributed by atoms with Gasteiger partial charge < -0.3 is 10.8 Å². The molecular formula is C8H8F2N2O2. The highest BCUT2D eigenvalue weighted by Crippen LogP contribution is 2.22. The molecule has 1 rings (SSSR count). The van der Waals surface area contributed by atoms with E-state index in [9.17, 15) is 13.6 Å². The number of nitrogens with zero attached hydrogens (tertiary/aromatic N) is 1. The quantitative estimate of drug-likeness (QED) is 0.772. The molecule has 0 unspecified atom stereocenters. The van der Waals surface area contributed by atoms with Crippen LogP contribution in [0.25, 0.3) is 0 Å². The Bertz CT molecular complexity index is 355. The molecule has 0 radical (unpaired) electrons. The van der Waals surface area contributed by atoms with Gasteiger partial charge in [0.05, 0.1) is 17.8 Å². The molecule has 1 aromatic rings. The van der Waals surface area contributed by atoms with Gasteiger partial charge >= 0.3 is 5.97 Å². The Morgan fingerprint density at radius 2 is 2.21 bits per heavy atom. The molecule has 0 amide bonds. The van der Waals surface area contributed by atoms with Crippen molar-refractivity contribution in [2.75, 3.05) is 5.73 Å². The summed E-state index contributed by atoms with van der Waals surface area (Å²) in [7, 11) is 0. The minimum Gasteiger partial charge on any atom is -0.481 e. The Hall–Kier alpha value is -1.72. The lowest BCUT2D eigenvalue weighted by atomic mass is 10.2. The van der Waals surface area contributed by atoms with E-state index in [4.69, 9.17) is 10.8 Å². The summed E-state index contributed by atoms with van der Waals surface area (Å²) in [6, 6.07) is 2.54. The lowest BCUT2D eigenvalue weighted by Gasteiger charge is -2.04. The first-order chi connectivity index (χ1) is 6.50. The number of carboxylic acids is 1. The Balaban J connectivity index is 3.00. The largest absolute Gasteiger partial charge is 0.481 e. The van der Waals surface area contributed by atoms with Crippen molar-refractivity contribution in [1.82, 2.24) is 4.98 Å². The molecule has 6 heteroatoms. The second-order valence-electron chi connectivity index (χ2n) is 2.65. The van der Waals surface area contributed by atoms with Crippen LogP contribution >= 0.6 is 0 Å². The molecule has 0 aromatic carbocycles. The standard InChI is InChI=1S/C8H8F2N2O2/c9-8(10)7-5(11)2-1-4(12-7)3-6(13)14/h1-2,8H,3,11H2,(H,13,14). The number of carboxylic acid groups (broad SMARTS) is 1. The summed E-state index contributed by atoms with van der Waals surface area (Å²) in [5.74, 6) is -1.12. The minimum absolute atomic E-state index is 0.0713. The predicted octanol–water partition coefficient (Wildman–Crippen LogP) is 1.23. The van der Waals surface area contributed by atoms with Gasteiger partial charge in [0.1, 0.15) is 5.69 Å². The van der Waals surface area contributed by atoms with E-state index in [1.165, 1.54) is 12.1 Å². The highest BCUT2D eigenvalue weighted by molar-refractivity contribution is 5.69. The summed E-state index contributed by atoms with van der Waals surface area (Å²) in [5.41, 5.74) is 4.61. The van der Waals surface area contributed by atoms with Crippen molar-refractivity contribution in [2.45, 2.75) is 12.8 Å². The van der Waals surface area contributed by atoms with E-state index in [1.54, 1.807) is 0 Å². The first-order valence-electron chi connectivity index (χ1n) is 3.76. The van der Waals surface area contributed by atoms with E-state index in [-0.39, 0.29) is 17.8 Å². The Morgan fingerprint density at radius 1 is 1.57 bits per heavy atom. The summed E-state index contributed by atoms with van der Waals surface area (Å²) in [6.07, 6.45) is -3.18. The molecule has 3 N–H and O–H groups in total. The number of aromatic nitrogens is 1. The van der Waals surface area contributed by atoms with Crippen LogP contribution in [-0.2, 0) is 11.2 Å². The number of nitrogen functional groups attached to an aromatic ring is 1. The van der Waals surface area contributed by atoms with Gasteiger partial charge in [-0.2, -0.15) is 0 Å². The molecule has 1 aromatic heterocycles. The van der Waals surface area contributed by atoms with Gasteiger partial charge in [-0.3, -0.25) is 4.79 Å². The van der Waals surface area contributed by atoms with Crippen molar-refractivity contribution < 1.29 is 18.7 Å². The van der Waals surface area contributed by atoms with Gasteiger partial charge in [-0.1, -0.05) is 0 Å². The molecule has 0 aliphatic rings. The second-order valence-corrected chi connectivity index (χ2v) is 2.65. The average molecular weight is 202 g/mol. The summed E-state index contributed by atoms with van der Waals surface area (Å²) >= 11 is 0. The van der Waals surface area contributed by atoms with Gasteiger partial charge in [-0.15, -0.1) is 0 Å². The molecule has 1 heterocycles. The van der Waals surface area contributed by atoms with E-state index in [0.29, 0.717) is 0 Å². The van der Waals surface area contributed by atoms with E-state index in [0.717, 1.165) is 0 Å². The fraction of sp³-hybridized carbons (Fsp3) is 0.250. The van der Waals surface area contributed by atoms with Crippen LogP contribution in [0.15, 0.2) is 12.1 Å². The fourth-order valence-corrected chi connectivity index (χ4v) is 0.956. The average Bonchev–Trinajstić information content (AvgIpc) is 2.07. The zero-order chi connectivity index (χ0) is 10.7. The van der Waals surface area contributed by atoms with Crippen LogP contribution in [0, 0.1) is 0 Å². The smallest absolute Gasteiger partial charge is 0.309 e. The number of halogens is 2. The lowest BCUT2D eigenvalue weighted by molar-refractivity contribution is -0.136. The predicted molar refractivity (Wildman–Crippen MR) is 44.9 cm³/mol. The lowest BCUT2D eigenvalue weighted by Crippen LogP contribution is -2.06. The van der Waals surface area contributed by atoms with Crippen molar-refractivity contribution in [3.8, 4) is 0 Å². The van der Waals surface area contributed by atoms with E-state index in [2.05, 4.69) is 4.98 Å². The van der Waals surface area contributed by atoms with Crippen molar-refractivity contribution >= 4 is 11.7 Å². The number of pyridine rings is 1. The third kappa shape index (κ3) is 2.38. The summed E-state index contributed by atoms with van der Waals surface area (Å²) < 4.78 is 24.5. The van der Waals surface area contributed by atoms with Gasteiger partial charge in [0, 0.05) is 0 Å². The van der Waals surface area contributed by atoms with Gasteiger partial charge in [-0.25, -0.2) is 13.8 Å². The Labute approximate surface area is 78.4 Å². The molecule has 0 bridgehead atoms. The monoisotopic (exact) mass is 202 g/mol. The van der Waals surface area contributed by atoms with Crippen molar-refractivity contribution in [1.29, 1.82) is 0 Å². The third-order valence-corrected chi connectivity index (χ3v) is 1.55. The number of hydrogen-bond acceptors (Lipinski definition) is 3. The van der Waals surface area contributed by atoms with E-state index in [1.807, 2.05) is 0 Å². The maximum atomic E-state index is 12.3. The van der Waals surface area contributed by atoms with E-state index >= 15 is 0 Å². The maximum absolute atomic E-state index is 12.3. The van der Waals surface area contributed by atoms with Crippen LogP contribution in [0.1, 0.15) is 17.8 Å². The van der Waals surface area contributed by atoms with Crippen LogP contribution in [0.3, 0.4) is 0 Å². The molecule has 14 heavy (non-hydrogen) atoms. The minimum atomic E-state index is -2.79. The number of hydrogen-bond donors (Lipinski definition) is 2. The fourth-order valence-electron chi connectivity index (χ4n) is 0.956. The molecule has 0 atom stereocenters. The van der Waals surface area contributed by atoms with Crippen LogP contribution in [-0.4, -0.2) is 16.1 Å². The summed E-state index contributed by atoms with van der Waals surface area (Å²) in [6.45, 7) is 0. The molecule has 0 spiro atoms. The van der Waals surface area contributed by atoms with Crippen LogP contribution < -0.4 is 5.73 Å². The molecule has 0 aliphatic heterocycles. The van der Waals surface area contributed by atoms with Crippen LogP contribution in [0.4, 0.5) is 14.5 Å². The molecule has 0 fully saturated rings. The topological polar surface area (TPSA) is 76.2 Å².